The number of hydrogen-bond donors (Lipinski definition) is 1. The Kier molecular flexibility index (Phi) is 2.84. The summed E-state index contributed by atoms with van der Waals surface area (Å²) < 4.78 is 5.77. The van der Waals surface area contributed by atoms with Gasteiger partial charge in [0.05, 0.1) is 12.6 Å². The Hall–Kier alpha value is -1.00. The van der Waals surface area contributed by atoms with Crippen LogP contribution >= 0.6 is 0 Å². The lowest BCUT2D eigenvalue weighted by Gasteiger charge is -2.18. The molecule has 0 radical (unpaired) electrons. The van der Waals surface area contributed by atoms with Gasteiger partial charge in [0.15, 0.2) is 0 Å². The van der Waals surface area contributed by atoms with Crippen LogP contribution in [0.15, 0.2) is 18.5 Å². The smallest absolute Gasteiger partial charge is 0.141 e. The van der Waals surface area contributed by atoms with Gasteiger partial charge in [-0.3, -0.25) is 0 Å². The molecule has 3 rings (SSSR count). The molecule has 0 aromatic carbocycles. The van der Waals surface area contributed by atoms with E-state index in [1.807, 2.05) is 6.07 Å². The summed E-state index contributed by atoms with van der Waals surface area (Å²) in [5.74, 6) is 1.67. The number of rotatable bonds is 4. The van der Waals surface area contributed by atoms with Crippen LogP contribution in [0, 0.1) is 5.92 Å². The van der Waals surface area contributed by atoms with E-state index in [-0.39, 0.29) is 0 Å². The van der Waals surface area contributed by atoms with Gasteiger partial charge in [-0.15, -0.1) is 0 Å². The quantitative estimate of drug-likeness (QED) is 0.824. The van der Waals surface area contributed by atoms with E-state index in [1.54, 1.807) is 12.4 Å². The molecular weight excluding hydrogens is 202 g/mol. The zero-order valence-corrected chi connectivity index (χ0v) is 9.30. The van der Waals surface area contributed by atoms with Crippen molar-refractivity contribution in [1.82, 2.24) is 15.3 Å². The first-order valence-electron chi connectivity index (χ1n) is 6.04. The molecule has 1 aromatic heterocycles. The third-order valence-corrected chi connectivity index (χ3v) is 3.36. The Bertz CT molecular complexity index is 339. The highest BCUT2D eigenvalue weighted by Gasteiger charge is 2.40. The van der Waals surface area contributed by atoms with E-state index in [0.717, 1.165) is 31.3 Å². The lowest BCUT2D eigenvalue weighted by Crippen LogP contribution is -2.37. The van der Waals surface area contributed by atoms with Gasteiger partial charge in [0.25, 0.3) is 0 Å². The standard InChI is InChI=1S/C12H17N3O/c1-5-13-11(14-6-1)8-15-10-4-7-16-12(10)9-2-3-9/h1,5-6,9-10,12,15H,2-4,7-8H2. The van der Waals surface area contributed by atoms with Crippen LogP contribution < -0.4 is 5.32 Å². The first-order chi connectivity index (χ1) is 7.93. The molecular formula is C12H17N3O. The van der Waals surface area contributed by atoms with E-state index in [0.29, 0.717) is 12.1 Å². The van der Waals surface area contributed by atoms with Gasteiger partial charge in [0.1, 0.15) is 5.82 Å². The van der Waals surface area contributed by atoms with Crippen LogP contribution in [-0.4, -0.2) is 28.7 Å². The van der Waals surface area contributed by atoms with Crippen LogP contribution in [-0.2, 0) is 11.3 Å². The summed E-state index contributed by atoms with van der Waals surface area (Å²) in [6.45, 7) is 1.65. The Balaban J connectivity index is 1.54. The monoisotopic (exact) mass is 219 g/mol. The Morgan fingerprint density at radius 3 is 2.81 bits per heavy atom. The molecule has 1 saturated heterocycles. The maximum absolute atomic E-state index is 5.77. The molecule has 2 unspecified atom stereocenters. The number of ether oxygens (including phenoxy) is 1. The third kappa shape index (κ3) is 2.23. The van der Waals surface area contributed by atoms with E-state index < -0.39 is 0 Å². The molecule has 4 heteroatoms. The fourth-order valence-electron chi connectivity index (χ4n) is 2.36. The van der Waals surface area contributed by atoms with Crippen molar-refractivity contribution < 1.29 is 4.74 Å². The maximum Gasteiger partial charge on any atom is 0.141 e. The summed E-state index contributed by atoms with van der Waals surface area (Å²) in [7, 11) is 0. The minimum absolute atomic E-state index is 0.434. The van der Waals surface area contributed by atoms with Crippen molar-refractivity contribution in [3.8, 4) is 0 Å². The molecule has 0 bridgehead atoms. The second kappa shape index (κ2) is 4.47. The van der Waals surface area contributed by atoms with Crippen LogP contribution in [0.5, 0.6) is 0 Å². The van der Waals surface area contributed by atoms with Crippen molar-refractivity contribution >= 4 is 0 Å². The van der Waals surface area contributed by atoms with Crippen molar-refractivity contribution in [1.29, 1.82) is 0 Å². The van der Waals surface area contributed by atoms with E-state index >= 15 is 0 Å². The zero-order valence-electron chi connectivity index (χ0n) is 9.30. The number of nitrogens with zero attached hydrogens (tertiary/aromatic N) is 2. The lowest BCUT2D eigenvalue weighted by atomic mass is 10.1. The average molecular weight is 219 g/mol. The van der Waals surface area contributed by atoms with Crippen molar-refractivity contribution in [3.05, 3.63) is 24.3 Å². The van der Waals surface area contributed by atoms with Crippen LogP contribution in [0.25, 0.3) is 0 Å². The van der Waals surface area contributed by atoms with Crippen LogP contribution in [0.1, 0.15) is 25.1 Å². The molecule has 1 aliphatic heterocycles. The SMILES string of the molecule is c1cnc(CNC2CCOC2C2CC2)nc1. The molecule has 2 aliphatic rings. The van der Waals surface area contributed by atoms with E-state index in [4.69, 9.17) is 4.74 Å². The van der Waals surface area contributed by atoms with Gasteiger partial charge in [-0.2, -0.15) is 0 Å². The van der Waals surface area contributed by atoms with Gasteiger partial charge in [0.2, 0.25) is 0 Å². The highest BCUT2D eigenvalue weighted by atomic mass is 16.5. The number of hydrogen-bond acceptors (Lipinski definition) is 4. The van der Waals surface area contributed by atoms with Gasteiger partial charge in [-0.1, -0.05) is 0 Å². The first-order valence-corrected chi connectivity index (χ1v) is 6.04. The molecule has 0 spiro atoms. The summed E-state index contributed by atoms with van der Waals surface area (Å²) in [5.41, 5.74) is 0. The molecule has 1 aliphatic carbocycles. The summed E-state index contributed by atoms with van der Waals surface area (Å²) in [6, 6.07) is 2.34. The van der Waals surface area contributed by atoms with Crippen LogP contribution in [0.4, 0.5) is 0 Å². The molecule has 4 nitrogen and oxygen atoms in total. The minimum Gasteiger partial charge on any atom is -0.376 e. The predicted octanol–water partition coefficient (Wildman–Crippen LogP) is 1.13. The molecule has 0 amide bonds. The number of aromatic nitrogens is 2. The lowest BCUT2D eigenvalue weighted by molar-refractivity contribution is 0.0807. The summed E-state index contributed by atoms with van der Waals surface area (Å²) >= 11 is 0. The summed E-state index contributed by atoms with van der Waals surface area (Å²) in [5, 5.41) is 3.52. The third-order valence-electron chi connectivity index (χ3n) is 3.36. The fourth-order valence-corrected chi connectivity index (χ4v) is 2.36. The molecule has 2 heterocycles. The van der Waals surface area contributed by atoms with E-state index in [9.17, 15) is 0 Å². The highest BCUT2D eigenvalue weighted by Crippen LogP contribution is 2.38. The molecule has 2 fully saturated rings. The van der Waals surface area contributed by atoms with Crippen LogP contribution in [0.2, 0.25) is 0 Å². The van der Waals surface area contributed by atoms with Crippen molar-refractivity contribution in [2.24, 2.45) is 5.92 Å². The molecule has 86 valence electrons. The first kappa shape index (κ1) is 10.2. The number of nitrogens with one attached hydrogen (secondary N) is 1. The predicted molar refractivity (Wildman–Crippen MR) is 59.7 cm³/mol. The van der Waals surface area contributed by atoms with Gasteiger partial charge in [-0.05, 0) is 31.2 Å². The second-order valence-corrected chi connectivity index (χ2v) is 4.61. The van der Waals surface area contributed by atoms with Crippen molar-refractivity contribution in [2.45, 2.75) is 38.0 Å². The van der Waals surface area contributed by atoms with E-state index in [2.05, 4.69) is 15.3 Å². The van der Waals surface area contributed by atoms with Crippen LogP contribution in [0.3, 0.4) is 0 Å². The highest BCUT2D eigenvalue weighted by molar-refractivity contribution is 4.95. The molecule has 2 atom stereocenters. The Labute approximate surface area is 95.4 Å². The zero-order chi connectivity index (χ0) is 10.8. The molecule has 16 heavy (non-hydrogen) atoms. The van der Waals surface area contributed by atoms with Gasteiger partial charge < -0.3 is 10.1 Å². The topological polar surface area (TPSA) is 47.0 Å². The van der Waals surface area contributed by atoms with Gasteiger partial charge >= 0.3 is 0 Å². The molecule has 1 aromatic rings. The fraction of sp³-hybridized carbons (Fsp3) is 0.667. The molecule has 1 saturated carbocycles. The molecule has 1 N–H and O–H groups in total. The largest absolute Gasteiger partial charge is 0.376 e. The maximum atomic E-state index is 5.77. The summed E-state index contributed by atoms with van der Waals surface area (Å²) in [4.78, 5) is 8.42. The normalized spacial score (nSPS) is 29.5. The van der Waals surface area contributed by atoms with Gasteiger partial charge in [0, 0.05) is 25.0 Å². The second-order valence-electron chi connectivity index (χ2n) is 4.61. The van der Waals surface area contributed by atoms with Gasteiger partial charge in [-0.25, -0.2) is 9.97 Å². The Morgan fingerprint density at radius 1 is 1.25 bits per heavy atom. The Morgan fingerprint density at radius 2 is 2.06 bits per heavy atom. The van der Waals surface area contributed by atoms with Crippen molar-refractivity contribution in [2.75, 3.05) is 6.61 Å². The summed E-state index contributed by atoms with van der Waals surface area (Å²) in [6.07, 6.45) is 7.80. The van der Waals surface area contributed by atoms with Crippen molar-refractivity contribution in [3.63, 3.8) is 0 Å². The van der Waals surface area contributed by atoms with E-state index in [1.165, 1.54) is 12.8 Å². The minimum atomic E-state index is 0.434. The average Bonchev–Trinajstić information content (AvgIpc) is 3.07.